The summed E-state index contributed by atoms with van der Waals surface area (Å²) in [4.78, 5) is 29.6. The molecule has 3 heterocycles. The number of ether oxygens (including phenoxy) is 3. The number of carbonyl (C=O) groups excluding carboxylic acids is 2. The lowest BCUT2D eigenvalue weighted by molar-refractivity contribution is -0.206. The number of methoxy groups -OCH3 is 2. The number of hydrogen-bond donors (Lipinski definition) is 1. The molecule has 0 saturated carbocycles. The number of morpholine rings is 1. The number of aliphatic hydroxyl groups excluding tert-OH is 1. The first kappa shape index (κ1) is 26.4. The van der Waals surface area contributed by atoms with E-state index >= 15 is 4.39 Å². The van der Waals surface area contributed by atoms with E-state index < -0.39 is 41.8 Å². The van der Waals surface area contributed by atoms with Gasteiger partial charge >= 0.3 is 18.2 Å². The molecule has 2 atom stereocenters. The predicted molar refractivity (Wildman–Crippen MR) is 120 cm³/mol. The zero-order valence-corrected chi connectivity index (χ0v) is 19.8. The number of carbonyl (C=O) groups is 2. The van der Waals surface area contributed by atoms with Crippen LogP contribution in [0.25, 0.3) is 16.9 Å². The monoisotopic (exact) mass is 525 g/mol. The Morgan fingerprint density at radius 3 is 2.62 bits per heavy atom. The van der Waals surface area contributed by atoms with Crippen LogP contribution in [0.15, 0.2) is 36.5 Å². The van der Waals surface area contributed by atoms with Gasteiger partial charge in [0.15, 0.2) is 6.10 Å². The molecule has 0 radical (unpaired) electrons. The number of imidazole rings is 1. The van der Waals surface area contributed by atoms with Gasteiger partial charge in [0.2, 0.25) is 0 Å². The normalized spacial score (nSPS) is 17.1. The minimum atomic E-state index is -4.89. The molecule has 2 aromatic heterocycles. The summed E-state index contributed by atoms with van der Waals surface area (Å²) in [5, 5.41) is 9.69. The molecule has 1 amide bonds. The zero-order valence-electron chi connectivity index (χ0n) is 19.8. The van der Waals surface area contributed by atoms with E-state index in [1.54, 1.807) is 0 Å². The molecule has 37 heavy (non-hydrogen) atoms. The van der Waals surface area contributed by atoms with Crippen molar-refractivity contribution in [1.29, 1.82) is 0 Å². The van der Waals surface area contributed by atoms with E-state index in [4.69, 9.17) is 9.47 Å². The summed E-state index contributed by atoms with van der Waals surface area (Å²) in [6, 6.07) is 5.80. The number of hydrogen-bond acceptors (Lipinski definition) is 7. The van der Waals surface area contributed by atoms with Gasteiger partial charge in [0.05, 0.1) is 50.4 Å². The molecule has 9 nitrogen and oxygen atoms in total. The van der Waals surface area contributed by atoms with Gasteiger partial charge in [-0.15, -0.1) is 0 Å². The lowest BCUT2D eigenvalue weighted by Crippen LogP contribution is -2.46. The standard InChI is InChI=1S/C24H23F4N3O6/c1-35-22(33)14-3-4-16(17(25)9-14)20-18(11-15-12-30(7-8-37-15)23(34)36-2)31-6-5-13(10-19(31)29-20)21(32)24(26,27)28/h3-6,9-10,15,21,32H,7-8,11-12H2,1-2H3. The van der Waals surface area contributed by atoms with Gasteiger partial charge < -0.3 is 28.6 Å². The third-order valence-electron chi connectivity index (χ3n) is 6.01. The Kier molecular flexibility index (Phi) is 7.37. The lowest BCUT2D eigenvalue weighted by atomic mass is 10.0. The molecule has 3 aromatic rings. The molecule has 1 aliphatic heterocycles. The number of aromatic nitrogens is 2. The summed E-state index contributed by atoms with van der Waals surface area (Å²) in [5.74, 6) is -1.55. The van der Waals surface area contributed by atoms with E-state index in [-0.39, 0.29) is 42.0 Å². The minimum absolute atomic E-state index is 0.00935. The van der Waals surface area contributed by atoms with E-state index in [1.165, 1.54) is 34.7 Å². The highest BCUT2D eigenvalue weighted by Gasteiger charge is 2.39. The summed E-state index contributed by atoms with van der Waals surface area (Å²) in [6.07, 6.45) is -7.30. The van der Waals surface area contributed by atoms with E-state index in [2.05, 4.69) is 9.72 Å². The second-order valence-electron chi connectivity index (χ2n) is 8.34. The van der Waals surface area contributed by atoms with Gasteiger partial charge in [0.25, 0.3) is 0 Å². The van der Waals surface area contributed by atoms with Gasteiger partial charge in [-0.3, -0.25) is 0 Å². The number of aliphatic hydroxyl groups is 1. The van der Waals surface area contributed by atoms with Crippen molar-refractivity contribution in [2.75, 3.05) is 33.9 Å². The molecule has 0 aliphatic carbocycles. The summed E-state index contributed by atoms with van der Waals surface area (Å²) < 4.78 is 71.0. The van der Waals surface area contributed by atoms with Crippen LogP contribution in [0.4, 0.5) is 22.4 Å². The Hall–Kier alpha value is -3.71. The Morgan fingerprint density at radius 2 is 1.97 bits per heavy atom. The Labute approximate surface area is 208 Å². The number of amides is 1. The molecule has 0 spiro atoms. The van der Waals surface area contributed by atoms with Crippen molar-refractivity contribution in [3.8, 4) is 11.3 Å². The van der Waals surface area contributed by atoms with Crippen molar-refractivity contribution < 1.29 is 46.5 Å². The molecule has 13 heteroatoms. The summed E-state index contributed by atoms with van der Waals surface area (Å²) in [5.41, 5.74) is 0.0491. The fourth-order valence-electron chi connectivity index (χ4n) is 4.19. The summed E-state index contributed by atoms with van der Waals surface area (Å²) in [6.45, 7) is 0.690. The van der Waals surface area contributed by atoms with Crippen LogP contribution in [0, 0.1) is 5.82 Å². The third kappa shape index (κ3) is 5.37. The minimum Gasteiger partial charge on any atom is -0.465 e. The van der Waals surface area contributed by atoms with Crippen LogP contribution in [0.5, 0.6) is 0 Å². The van der Waals surface area contributed by atoms with Gasteiger partial charge in [-0.05, 0) is 35.9 Å². The van der Waals surface area contributed by atoms with Crippen molar-refractivity contribution in [3.63, 3.8) is 0 Å². The first-order chi connectivity index (χ1) is 17.5. The Morgan fingerprint density at radius 1 is 1.22 bits per heavy atom. The molecule has 1 aliphatic rings. The summed E-state index contributed by atoms with van der Waals surface area (Å²) in [7, 11) is 2.41. The number of fused-ring (bicyclic) bond motifs is 1. The molecular weight excluding hydrogens is 502 g/mol. The second-order valence-corrected chi connectivity index (χ2v) is 8.34. The van der Waals surface area contributed by atoms with Crippen LogP contribution in [0.3, 0.4) is 0 Å². The number of halogens is 4. The van der Waals surface area contributed by atoms with Crippen molar-refractivity contribution in [1.82, 2.24) is 14.3 Å². The van der Waals surface area contributed by atoms with E-state index in [1.807, 2.05) is 0 Å². The van der Waals surface area contributed by atoms with Crippen molar-refractivity contribution in [2.45, 2.75) is 24.8 Å². The highest BCUT2D eigenvalue weighted by Crippen LogP contribution is 2.35. The number of nitrogens with zero attached hydrogens (tertiary/aromatic N) is 3. The maximum Gasteiger partial charge on any atom is 0.418 e. The van der Waals surface area contributed by atoms with Crippen LogP contribution in [0.1, 0.15) is 27.7 Å². The number of alkyl halides is 3. The third-order valence-corrected chi connectivity index (χ3v) is 6.01. The van der Waals surface area contributed by atoms with Crippen molar-refractivity contribution >= 4 is 17.7 Å². The highest BCUT2D eigenvalue weighted by molar-refractivity contribution is 5.90. The van der Waals surface area contributed by atoms with Crippen LogP contribution in [0.2, 0.25) is 0 Å². The van der Waals surface area contributed by atoms with Gasteiger partial charge in [-0.25, -0.2) is 19.0 Å². The van der Waals surface area contributed by atoms with Crippen LogP contribution in [-0.4, -0.2) is 77.6 Å². The average Bonchev–Trinajstić information content (AvgIpc) is 3.23. The molecule has 1 N–H and O–H groups in total. The van der Waals surface area contributed by atoms with Crippen LogP contribution >= 0.6 is 0 Å². The quantitative estimate of drug-likeness (QED) is 0.402. The van der Waals surface area contributed by atoms with Crippen LogP contribution in [-0.2, 0) is 20.6 Å². The van der Waals surface area contributed by atoms with Gasteiger partial charge in [-0.1, -0.05) is 0 Å². The smallest absolute Gasteiger partial charge is 0.418 e. The maximum absolute atomic E-state index is 15.2. The van der Waals surface area contributed by atoms with E-state index in [9.17, 15) is 27.9 Å². The zero-order chi connectivity index (χ0) is 26.9. The first-order valence-electron chi connectivity index (χ1n) is 11.1. The molecule has 1 aromatic carbocycles. The molecule has 0 bridgehead atoms. The Balaban J connectivity index is 1.79. The van der Waals surface area contributed by atoms with Crippen molar-refractivity contribution in [3.05, 3.63) is 59.2 Å². The summed E-state index contributed by atoms with van der Waals surface area (Å²) >= 11 is 0. The van der Waals surface area contributed by atoms with Gasteiger partial charge in [-0.2, -0.15) is 13.2 Å². The van der Waals surface area contributed by atoms with Gasteiger partial charge in [0.1, 0.15) is 11.5 Å². The Bertz CT molecular complexity index is 1330. The number of benzene rings is 1. The van der Waals surface area contributed by atoms with Crippen LogP contribution < -0.4 is 0 Å². The topological polar surface area (TPSA) is 103 Å². The molecule has 1 fully saturated rings. The van der Waals surface area contributed by atoms with Gasteiger partial charge in [0, 0.05) is 24.7 Å². The number of esters is 1. The largest absolute Gasteiger partial charge is 0.465 e. The van der Waals surface area contributed by atoms with Crippen molar-refractivity contribution in [2.24, 2.45) is 0 Å². The SMILES string of the molecule is COC(=O)c1ccc(-c2nc3cc(C(O)C(F)(F)F)ccn3c2CC2CN(C(=O)OC)CCO2)c(F)c1. The molecule has 4 rings (SSSR count). The van der Waals surface area contributed by atoms with E-state index in [0.717, 1.165) is 25.3 Å². The first-order valence-corrected chi connectivity index (χ1v) is 11.1. The fraction of sp³-hybridized carbons (Fsp3) is 0.375. The highest BCUT2D eigenvalue weighted by atomic mass is 19.4. The molecule has 198 valence electrons. The molecule has 2 unspecified atom stereocenters. The number of rotatable bonds is 5. The number of pyridine rings is 1. The predicted octanol–water partition coefficient (Wildman–Crippen LogP) is 3.53. The fourth-order valence-corrected chi connectivity index (χ4v) is 4.19. The van der Waals surface area contributed by atoms with E-state index in [0.29, 0.717) is 12.2 Å². The second kappa shape index (κ2) is 10.3. The molecule has 1 saturated heterocycles. The average molecular weight is 525 g/mol. The molecular formula is C24H23F4N3O6. The lowest BCUT2D eigenvalue weighted by Gasteiger charge is -2.32. The maximum atomic E-state index is 15.2.